The van der Waals surface area contributed by atoms with Crippen molar-refractivity contribution in [2.24, 2.45) is 17.8 Å². The Morgan fingerprint density at radius 1 is 1.30 bits per heavy atom. The lowest BCUT2D eigenvalue weighted by atomic mass is 9.84. The number of urea groups is 1. The highest BCUT2D eigenvalue weighted by Crippen LogP contribution is 2.49. The summed E-state index contributed by atoms with van der Waals surface area (Å²) in [6.45, 7) is 4.18. The number of benzene rings is 1. The summed E-state index contributed by atoms with van der Waals surface area (Å²) in [6.07, 6.45) is 5.46. The van der Waals surface area contributed by atoms with E-state index in [0.29, 0.717) is 5.92 Å². The van der Waals surface area contributed by atoms with E-state index in [1.54, 1.807) is 0 Å². The molecule has 0 spiro atoms. The van der Waals surface area contributed by atoms with Crippen molar-refractivity contribution in [2.75, 3.05) is 5.32 Å². The van der Waals surface area contributed by atoms with Gasteiger partial charge in [-0.25, -0.2) is 4.79 Å². The molecule has 0 aliphatic heterocycles. The summed E-state index contributed by atoms with van der Waals surface area (Å²) in [5, 5.41) is 6.06. The molecule has 0 unspecified atom stereocenters. The zero-order valence-corrected chi connectivity index (χ0v) is 12.4. The molecule has 3 nitrogen and oxygen atoms in total. The van der Waals surface area contributed by atoms with Crippen LogP contribution in [0.3, 0.4) is 0 Å². The van der Waals surface area contributed by atoms with E-state index in [1.165, 1.54) is 25.7 Å². The Hall–Kier alpha value is -1.51. The fourth-order valence-electron chi connectivity index (χ4n) is 4.11. The van der Waals surface area contributed by atoms with Crippen molar-refractivity contribution in [1.82, 2.24) is 5.32 Å². The molecule has 1 aromatic carbocycles. The number of anilines is 1. The average molecular weight is 272 g/mol. The Labute approximate surface area is 121 Å². The highest BCUT2D eigenvalue weighted by molar-refractivity contribution is 5.89. The summed E-state index contributed by atoms with van der Waals surface area (Å²) in [6, 6.07) is 8.10. The minimum Gasteiger partial charge on any atom is -0.335 e. The van der Waals surface area contributed by atoms with Gasteiger partial charge in [0.1, 0.15) is 0 Å². The van der Waals surface area contributed by atoms with Crippen LogP contribution in [0.15, 0.2) is 24.3 Å². The summed E-state index contributed by atoms with van der Waals surface area (Å²) >= 11 is 0. The first-order valence-corrected chi connectivity index (χ1v) is 7.76. The lowest BCUT2D eigenvalue weighted by Crippen LogP contribution is -2.42. The second-order valence-electron chi connectivity index (χ2n) is 6.60. The molecule has 0 radical (unpaired) electrons. The summed E-state index contributed by atoms with van der Waals surface area (Å²) in [4.78, 5) is 12.1. The molecular formula is C17H24N2O. The Morgan fingerprint density at radius 2 is 2.15 bits per heavy atom. The van der Waals surface area contributed by atoms with Gasteiger partial charge in [-0.1, -0.05) is 18.6 Å². The number of nitrogens with one attached hydrogen (secondary N) is 2. The van der Waals surface area contributed by atoms with Crippen LogP contribution in [0.4, 0.5) is 10.5 Å². The van der Waals surface area contributed by atoms with Gasteiger partial charge in [0, 0.05) is 11.7 Å². The van der Waals surface area contributed by atoms with Crippen molar-refractivity contribution in [1.29, 1.82) is 0 Å². The molecular weight excluding hydrogens is 248 g/mol. The molecule has 2 bridgehead atoms. The highest BCUT2D eigenvalue weighted by atomic mass is 16.2. The van der Waals surface area contributed by atoms with Crippen LogP contribution in [0.25, 0.3) is 0 Å². The minimum absolute atomic E-state index is 0.0779. The van der Waals surface area contributed by atoms with E-state index in [2.05, 4.69) is 17.6 Å². The molecule has 2 N–H and O–H groups in total. The first-order chi connectivity index (χ1) is 9.61. The lowest BCUT2D eigenvalue weighted by Gasteiger charge is -2.28. The minimum atomic E-state index is -0.0779. The number of carbonyl (C=O) groups is 1. The molecule has 20 heavy (non-hydrogen) atoms. The standard InChI is InChI=1S/C17H24N2O/c1-11-4-3-5-15(8-11)19-17(20)18-12(2)16-10-13-6-7-14(16)9-13/h3-5,8,12-14,16H,6-7,9-10H2,1-2H3,(H2,18,19,20)/t12-,13+,14+,16-/m0/s1. The monoisotopic (exact) mass is 272 g/mol. The Morgan fingerprint density at radius 3 is 2.80 bits per heavy atom. The van der Waals surface area contributed by atoms with Gasteiger partial charge in [-0.3, -0.25) is 0 Å². The number of aryl methyl sites for hydroxylation is 1. The summed E-state index contributed by atoms with van der Waals surface area (Å²) < 4.78 is 0. The van der Waals surface area contributed by atoms with Gasteiger partial charge in [0.25, 0.3) is 0 Å². The predicted molar refractivity (Wildman–Crippen MR) is 81.7 cm³/mol. The highest BCUT2D eigenvalue weighted by Gasteiger charge is 2.42. The molecule has 2 amide bonds. The van der Waals surface area contributed by atoms with Gasteiger partial charge < -0.3 is 10.6 Å². The topological polar surface area (TPSA) is 41.1 Å². The summed E-state index contributed by atoms with van der Waals surface area (Å²) in [7, 11) is 0. The van der Waals surface area contributed by atoms with Gasteiger partial charge in [-0.15, -0.1) is 0 Å². The molecule has 2 aliphatic rings. The Bertz CT molecular complexity index is 500. The van der Waals surface area contributed by atoms with E-state index >= 15 is 0 Å². The zero-order valence-electron chi connectivity index (χ0n) is 12.4. The van der Waals surface area contributed by atoms with Gasteiger partial charge in [-0.05, 0) is 68.6 Å². The molecule has 0 heterocycles. The van der Waals surface area contributed by atoms with Gasteiger partial charge in [-0.2, -0.15) is 0 Å². The van der Waals surface area contributed by atoms with E-state index in [-0.39, 0.29) is 12.1 Å². The van der Waals surface area contributed by atoms with E-state index in [9.17, 15) is 4.79 Å². The normalized spacial score (nSPS) is 29.2. The molecule has 108 valence electrons. The largest absolute Gasteiger partial charge is 0.335 e. The van der Waals surface area contributed by atoms with Gasteiger partial charge in [0.15, 0.2) is 0 Å². The van der Waals surface area contributed by atoms with Crippen LogP contribution in [-0.4, -0.2) is 12.1 Å². The number of carbonyl (C=O) groups excluding carboxylic acids is 1. The quantitative estimate of drug-likeness (QED) is 0.859. The molecule has 3 rings (SSSR count). The van der Waals surface area contributed by atoms with Crippen molar-refractivity contribution in [3.05, 3.63) is 29.8 Å². The van der Waals surface area contributed by atoms with Crippen LogP contribution in [0.1, 0.15) is 38.2 Å². The van der Waals surface area contributed by atoms with Crippen molar-refractivity contribution in [2.45, 2.75) is 45.6 Å². The van der Waals surface area contributed by atoms with Crippen LogP contribution < -0.4 is 10.6 Å². The van der Waals surface area contributed by atoms with Crippen LogP contribution in [0.5, 0.6) is 0 Å². The maximum Gasteiger partial charge on any atom is 0.319 e. The maximum absolute atomic E-state index is 12.1. The summed E-state index contributed by atoms with van der Waals surface area (Å²) in [5.41, 5.74) is 2.02. The number of hydrogen-bond acceptors (Lipinski definition) is 1. The third kappa shape index (κ3) is 2.82. The average Bonchev–Trinajstić information content (AvgIpc) is 3.00. The maximum atomic E-state index is 12.1. The van der Waals surface area contributed by atoms with Crippen LogP contribution in [0.2, 0.25) is 0 Å². The molecule has 2 fully saturated rings. The molecule has 0 aromatic heterocycles. The fourth-order valence-corrected chi connectivity index (χ4v) is 4.11. The third-order valence-electron chi connectivity index (χ3n) is 5.07. The number of rotatable bonds is 3. The number of hydrogen-bond donors (Lipinski definition) is 2. The zero-order chi connectivity index (χ0) is 14.1. The first kappa shape index (κ1) is 13.5. The van der Waals surface area contributed by atoms with Crippen molar-refractivity contribution in [3.8, 4) is 0 Å². The Balaban J connectivity index is 1.53. The second-order valence-corrected chi connectivity index (χ2v) is 6.60. The first-order valence-electron chi connectivity index (χ1n) is 7.76. The summed E-state index contributed by atoms with van der Waals surface area (Å²) in [5.74, 6) is 2.44. The number of amides is 2. The smallest absolute Gasteiger partial charge is 0.319 e. The van der Waals surface area contributed by atoms with Crippen molar-refractivity contribution >= 4 is 11.7 Å². The molecule has 4 atom stereocenters. The fraction of sp³-hybridized carbons (Fsp3) is 0.588. The molecule has 2 saturated carbocycles. The Kier molecular flexibility index (Phi) is 3.68. The van der Waals surface area contributed by atoms with E-state index in [1.807, 2.05) is 31.2 Å². The van der Waals surface area contributed by atoms with E-state index < -0.39 is 0 Å². The SMILES string of the molecule is Cc1cccc(NC(=O)N[C@@H](C)[C@@H]2C[C@@H]3CC[C@@H]2C3)c1. The van der Waals surface area contributed by atoms with Crippen LogP contribution in [0, 0.1) is 24.7 Å². The van der Waals surface area contributed by atoms with Crippen molar-refractivity contribution < 1.29 is 4.79 Å². The molecule has 2 aliphatic carbocycles. The molecule has 1 aromatic rings. The van der Waals surface area contributed by atoms with Gasteiger partial charge in [0.2, 0.25) is 0 Å². The predicted octanol–water partition coefficient (Wildman–Crippen LogP) is 3.94. The van der Waals surface area contributed by atoms with Crippen LogP contribution >= 0.6 is 0 Å². The number of fused-ring (bicyclic) bond motifs is 2. The van der Waals surface area contributed by atoms with E-state index in [4.69, 9.17) is 0 Å². The van der Waals surface area contributed by atoms with Crippen molar-refractivity contribution in [3.63, 3.8) is 0 Å². The van der Waals surface area contributed by atoms with Gasteiger partial charge in [0.05, 0.1) is 0 Å². The second kappa shape index (κ2) is 5.47. The third-order valence-corrected chi connectivity index (χ3v) is 5.07. The molecule has 3 heteroatoms. The lowest BCUT2D eigenvalue weighted by molar-refractivity contribution is 0.230. The van der Waals surface area contributed by atoms with E-state index in [0.717, 1.165) is 23.1 Å². The van der Waals surface area contributed by atoms with Crippen LogP contribution in [-0.2, 0) is 0 Å². The van der Waals surface area contributed by atoms with Gasteiger partial charge >= 0.3 is 6.03 Å². The molecule has 0 saturated heterocycles.